The number of thioether (sulfide) groups is 1. The number of hydrogen-bond donors (Lipinski definition) is 0. The minimum absolute atomic E-state index is 0.305. The fourth-order valence-electron chi connectivity index (χ4n) is 2.49. The SMILES string of the molecule is CCn1c(COc2ccc(Cl)c(C)c2)nnc1SCc1ccc(F)cc1Cl. The minimum atomic E-state index is -0.345. The maximum Gasteiger partial charge on any atom is 0.191 e. The summed E-state index contributed by atoms with van der Waals surface area (Å²) in [5.41, 5.74) is 1.81. The van der Waals surface area contributed by atoms with Gasteiger partial charge in [-0.2, -0.15) is 0 Å². The highest BCUT2D eigenvalue weighted by atomic mass is 35.5. The molecular weight excluding hydrogens is 408 g/mol. The van der Waals surface area contributed by atoms with Crippen molar-refractivity contribution in [3.8, 4) is 5.75 Å². The van der Waals surface area contributed by atoms with Crippen molar-refractivity contribution in [2.45, 2.75) is 37.9 Å². The zero-order valence-electron chi connectivity index (χ0n) is 14.9. The monoisotopic (exact) mass is 425 g/mol. The van der Waals surface area contributed by atoms with Gasteiger partial charge in [0.25, 0.3) is 0 Å². The second kappa shape index (κ2) is 8.95. The Morgan fingerprint density at radius 1 is 1.11 bits per heavy atom. The molecule has 3 rings (SSSR count). The van der Waals surface area contributed by atoms with Crippen LogP contribution in [0.5, 0.6) is 5.75 Å². The topological polar surface area (TPSA) is 39.9 Å². The highest BCUT2D eigenvalue weighted by Crippen LogP contribution is 2.27. The Bertz CT molecular complexity index is 949. The first kappa shape index (κ1) is 20.0. The summed E-state index contributed by atoms with van der Waals surface area (Å²) >= 11 is 13.6. The molecule has 27 heavy (non-hydrogen) atoms. The number of nitrogens with zero attached hydrogens (tertiary/aromatic N) is 3. The molecule has 0 aliphatic carbocycles. The Labute approximate surface area is 171 Å². The molecule has 0 atom stereocenters. The number of ether oxygens (including phenoxy) is 1. The Morgan fingerprint density at radius 3 is 2.63 bits per heavy atom. The van der Waals surface area contributed by atoms with Crippen molar-refractivity contribution in [1.29, 1.82) is 0 Å². The summed E-state index contributed by atoms with van der Waals surface area (Å²) in [4.78, 5) is 0. The van der Waals surface area contributed by atoms with Crippen LogP contribution >= 0.6 is 35.0 Å². The van der Waals surface area contributed by atoms with Crippen LogP contribution in [0.2, 0.25) is 10.0 Å². The van der Waals surface area contributed by atoms with E-state index in [-0.39, 0.29) is 5.82 Å². The van der Waals surface area contributed by atoms with E-state index in [0.29, 0.717) is 28.9 Å². The van der Waals surface area contributed by atoms with Gasteiger partial charge in [-0.25, -0.2) is 4.39 Å². The van der Waals surface area contributed by atoms with Gasteiger partial charge < -0.3 is 9.30 Å². The summed E-state index contributed by atoms with van der Waals surface area (Å²) in [6.07, 6.45) is 0. The maximum absolute atomic E-state index is 13.2. The smallest absolute Gasteiger partial charge is 0.191 e. The third-order valence-corrected chi connectivity index (χ3v) is 5.77. The van der Waals surface area contributed by atoms with Crippen molar-refractivity contribution in [1.82, 2.24) is 14.8 Å². The van der Waals surface area contributed by atoms with Gasteiger partial charge in [0.2, 0.25) is 0 Å². The van der Waals surface area contributed by atoms with Crippen molar-refractivity contribution < 1.29 is 9.13 Å². The van der Waals surface area contributed by atoms with Gasteiger partial charge in [-0.05, 0) is 55.3 Å². The first-order chi connectivity index (χ1) is 13.0. The lowest BCUT2D eigenvalue weighted by molar-refractivity contribution is 0.288. The van der Waals surface area contributed by atoms with E-state index in [1.165, 1.54) is 23.9 Å². The summed E-state index contributed by atoms with van der Waals surface area (Å²) in [5.74, 6) is 1.70. The zero-order valence-corrected chi connectivity index (χ0v) is 17.2. The molecule has 8 heteroatoms. The van der Waals surface area contributed by atoms with Crippen LogP contribution in [0, 0.1) is 12.7 Å². The highest BCUT2D eigenvalue weighted by molar-refractivity contribution is 7.98. The number of benzene rings is 2. The fourth-order valence-corrected chi connectivity index (χ4v) is 3.94. The second-order valence-electron chi connectivity index (χ2n) is 5.87. The van der Waals surface area contributed by atoms with Crippen molar-refractivity contribution in [3.63, 3.8) is 0 Å². The molecule has 0 radical (unpaired) electrons. The van der Waals surface area contributed by atoms with E-state index in [0.717, 1.165) is 27.9 Å². The van der Waals surface area contributed by atoms with Gasteiger partial charge in [0.1, 0.15) is 18.2 Å². The van der Waals surface area contributed by atoms with Crippen LogP contribution in [-0.2, 0) is 18.9 Å². The largest absolute Gasteiger partial charge is 0.486 e. The van der Waals surface area contributed by atoms with Gasteiger partial charge in [0, 0.05) is 22.3 Å². The van der Waals surface area contributed by atoms with Crippen LogP contribution in [-0.4, -0.2) is 14.8 Å². The number of aromatic nitrogens is 3. The number of hydrogen-bond acceptors (Lipinski definition) is 4. The Morgan fingerprint density at radius 2 is 1.93 bits per heavy atom. The average molecular weight is 426 g/mol. The van der Waals surface area contributed by atoms with Crippen LogP contribution in [0.1, 0.15) is 23.9 Å². The quantitative estimate of drug-likeness (QED) is 0.440. The Balaban J connectivity index is 1.67. The minimum Gasteiger partial charge on any atom is -0.486 e. The molecule has 0 unspecified atom stereocenters. The molecule has 0 aliphatic heterocycles. The fraction of sp³-hybridized carbons (Fsp3) is 0.263. The third-order valence-electron chi connectivity index (χ3n) is 3.98. The summed E-state index contributed by atoms with van der Waals surface area (Å²) in [6.45, 7) is 4.97. The number of aryl methyl sites for hydroxylation is 1. The molecule has 1 heterocycles. The lowest BCUT2D eigenvalue weighted by Gasteiger charge is -2.10. The van der Waals surface area contributed by atoms with E-state index in [2.05, 4.69) is 10.2 Å². The van der Waals surface area contributed by atoms with Crippen LogP contribution in [0.4, 0.5) is 4.39 Å². The van der Waals surface area contributed by atoms with Crippen LogP contribution < -0.4 is 4.74 Å². The van der Waals surface area contributed by atoms with Gasteiger partial charge in [-0.3, -0.25) is 0 Å². The van der Waals surface area contributed by atoms with E-state index < -0.39 is 0 Å². The van der Waals surface area contributed by atoms with Crippen LogP contribution in [0.25, 0.3) is 0 Å². The van der Waals surface area contributed by atoms with Gasteiger partial charge in [0.15, 0.2) is 11.0 Å². The average Bonchev–Trinajstić information content (AvgIpc) is 3.04. The molecule has 0 spiro atoms. The van der Waals surface area contributed by atoms with Crippen LogP contribution in [0.15, 0.2) is 41.6 Å². The molecule has 1 aromatic heterocycles. The third kappa shape index (κ3) is 4.94. The maximum atomic E-state index is 13.2. The van der Waals surface area contributed by atoms with E-state index in [1.54, 1.807) is 6.07 Å². The molecule has 0 aliphatic rings. The van der Waals surface area contributed by atoms with Gasteiger partial charge in [-0.1, -0.05) is 41.0 Å². The summed E-state index contributed by atoms with van der Waals surface area (Å²) in [7, 11) is 0. The number of halogens is 3. The van der Waals surface area contributed by atoms with Crippen molar-refractivity contribution in [2.24, 2.45) is 0 Å². The molecule has 3 aromatic rings. The van der Waals surface area contributed by atoms with Crippen molar-refractivity contribution in [3.05, 3.63) is 69.2 Å². The molecule has 0 fully saturated rings. The normalized spacial score (nSPS) is 11.0. The molecule has 4 nitrogen and oxygen atoms in total. The Kier molecular flexibility index (Phi) is 6.63. The molecule has 0 bridgehead atoms. The highest BCUT2D eigenvalue weighted by Gasteiger charge is 2.13. The molecule has 0 amide bonds. The predicted octanol–water partition coefficient (Wildman–Crippen LogP) is 5.92. The molecule has 2 aromatic carbocycles. The lowest BCUT2D eigenvalue weighted by Crippen LogP contribution is -2.07. The van der Waals surface area contributed by atoms with Crippen molar-refractivity contribution in [2.75, 3.05) is 0 Å². The van der Waals surface area contributed by atoms with Gasteiger partial charge >= 0.3 is 0 Å². The standard InChI is InChI=1S/C19H18Cl2FN3OS/c1-3-25-18(10-26-15-6-7-16(20)12(2)8-15)23-24-19(25)27-11-13-4-5-14(22)9-17(13)21/h4-9H,3,10-11H2,1-2H3. The zero-order chi connectivity index (χ0) is 19.4. The summed E-state index contributed by atoms with van der Waals surface area (Å²) in [6, 6.07) is 9.93. The van der Waals surface area contributed by atoms with E-state index >= 15 is 0 Å². The summed E-state index contributed by atoms with van der Waals surface area (Å²) in [5, 5.41) is 10.4. The molecule has 0 N–H and O–H groups in total. The molecule has 0 saturated carbocycles. The lowest BCUT2D eigenvalue weighted by atomic mass is 10.2. The predicted molar refractivity (Wildman–Crippen MR) is 107 cm³/mol. The van der Waals surface area contributed by atoms with E-state index in [9.17, 15) is 4.39 Å². The van der Waals surface area contributed by atoms with Crippen molar-refractivity contribution >= 4 is 35.0 Å². The molecular formula is C19H18Cl2FN3OS. The number of rotatable bonds is 7. The summed E-state index contributed by atoms with van der Waals surface area (Å²) < 4.78 is 21.0. The second-order valence-corrected chi connectivity index (χ2v) is 7.62. The molecule has 0 saturated heterocycles. The van der Waals surface area contributed by atoms with Crippen LogP contribution in [0.3, 0.4) is 0 Å². The van der Waals surface area contributed by atoms with Gasteiger partial charge in [-0.15, -0.1) is 10.2 Å². The Hall–Kier alpha value is -1.76. The van der Waals surface area contributed by atoms with E-state index in [4.69, 9.17) is 27.9 Å². The first-order valence-corrected chi connectivity index (χ1v) is 10.1. The molecule has 142 valence electrons. The van der Waals surface area contributed by atoms with E-state index in [1.807, 2.05) is 36.6 Å². The van der Waals surface area contributed by atoms with Gasteiger partial charge in [0.05, 0.1) is 0 Å². The first-order valence-electron chi connectivity index (χ1n) is 8.35.